The number of carbonyl (C=O) groups excluding carboxylic acids is 2. The van der Waals surface area contributed by atoms with Crippen molar-refractivity contribution in [2.75, 3.05) is 11.9 Å². The molecule has 0 saturated heterocycles. The monoisotopic (exact) mass is 383 g/mol. The molecular formula is C14H13Cl2F2NO3S. The van der Waals surface area contributed by atoms with Gasteiger partial charge in [0.05, 0.1) is 0 Å². The van der Waals surface area contributed by atoms with E-state index in [0.717, 1.165) is 0 Å². The molecule has 1 aromatic rings. The number of anilines is 1. The number of benzene rings is 1. The third-order valence-electron chi connectivity index (χ3n) is 3.41. The fraction of sp³-hybridized carbons (Fsp3) is 0.429. The zero-order chi connectivity index (χ0) is 17.3. The van der Waals surface area contributed by atoms with Gasteiger partial charge >= 0.3 is 5.97 Å². The van der Waals surface area contributed by atoms with Gasteiger partial charge in [-0.2, -0.15) is 8.78 Å². The molecule has 1 atom stereocenters. The highest BCUT2D eigenvalue weighted by Gasteiger charge is 2.69. The van der Waals surface area contributed by atoms with Gasteiger partial charge in [-0.15, -0.1) is 23.2 Å². The predicted molar refractivity (Wildman–Crippen MR) is 85.1 cm³/mol. The average molecular weight is 384 g/mol. The normalized spacial score (nSPS) is 21.8. The van der Waals surface area contributed by atoms with Crippen molar-refractivity contribution in [3.63, 3.8) is 0 Å². The van der Waals surface area contributed by atoms with Crippen LogP contribution in [0.1, 0.15) is 13.3 Å². The first-order chi connectivity index (χ1) is 10.6. The summed E-state index contributed by atoms with van der Waals surface area (Å²) in [5, 5.41) is 2.49. The van der Waals surface area contributed by atoms with Crippen molar-refractivity contribution in [2.24, 2.45) is 5.41 Å². The van der Waals surface area contributed by atoms with Gasteiger partial charge in [0.25, 0.3) is 11.7 Å². The Hall–Kier alpha value is -1.05. The lowest BCUT2D eigenvalue weighted by molar-refractivity contribution is -0.152. The number of halogens is 4. The van der Waals surface area contributed by atoms with Crippen molar-refractivity contribution in [3.8, 4) is 0 Å². The molecule has 0 unspecified atom stereocenters. The van der Waals surface area contributed by atoms with Gasteiger partial charge in [0.1, 0.15) is 9.75 Å². The fourth-order valence-electron chi connectivity index (χ4n) is 1.83. The van der Waals surface area contributed by atoms with E-state index in [0.29, 0.717) is 22.3 Å². The van der Waals surface area contributed by atoms with Crippen molar-refractivity contribution in [2.45, 2.75) is 28.3 Å². The molecule has 1 aromatic carbocycles. The SMILES string of the molecule is C[C@]1(C(=O)OCC(=O)Nc2ccc(SC(F)F)cc2)CC1(Cl)Cl. The Kier molecular flexibility index (Phi) is 5.43. The van der Waals surface area contributed by atoms with Gasteiger partial charge in [-0.3, -0.25) is 9.59 Å². The van der Waals surface area contributed by atoms with Gasteiger partial charge in [0.2, 0.25) is 0 Å². The molecule has 0 heterocycles. The van der Waals surface area contributed by atoms with E-state index < -0.39 is 34.0 Å². The van der Waals surface area contributed by atoms with Crippen LogP contribution in [-0.2, 0) is 14.3 Å². The van der Waals surface area contributed by atoms with E-state index in [9.17, 15) is 18.4 Å². The quantitative estimate of drug-likeness (QED) is 0.457. The van der Waals surface area contributed by atoms with E-state index in [2.05, 4.69) is 5.32 Å². The van der Waals surface area contributed by atoms with Crippen LogP contribution in [0.4, 0.5) is 14.5 Å². The number of alkyl halides is 4. The van der Waals surface area contributed by atoms with E-state index >= 15 is 0 Å². The molecule has 4 nitrogen and oxygen atoms in total. The molecule has 2 rings (SSSR count). The van der Waals surface area contributed by atoms with E-state index in [1.54, 1.807) is 6.92 Å². The smallest absolute Gasteiger partial charge is 0.315 e. The summed E-state index contributed by atoms with van der Waals surface area (Å²) >= 11 is 12.1. The molecule has 1 amide bonds. The summed E-state index contributed by atoms with van der Waals surface area (Å²) in [5.41, 5.74) is -0.587. The first-order valence-corrected chi connectivity index (χ1v) is 8.17. The van der Waals surface area contributed by atoms with Crippen LogP contribution < -0.4 is 5.32 Å². The lowest BCUT2D eigenvalue weighted by Crippen LogP contribution is -2.26. The minimum atomic E-state index is -2.50. The van der Waals surface area contributed by atoms with Crippen LogP contribution in [0.2, 0.25) is 0 Å². The number of nitrogens with one attached hydrogen (secondary N) is 1. The third kappa shape index (κ3) is 4.49. The van der Waals surface area contributed by atoms with E-state index in [-0.39, 0.29) is 6.42 Å². The molecule has 0 spiro atoms. The van der Waals surface area contributed by atoms with Crippen molar-refractivity contribution < 1.29 is 23.1 Å². The summed E-state index contributed by atoms with van der Waals surface area (Å²) in [4.78, 5) is 23.9. The van der Waals surface area contributed by atoms with Gasteiger partial charge in [0, 0.05) is 17.0 Å². The number of thioether (sulfide) groups is 1. The molecule has 1 aliphatic carbocycles. The van der Waals surface area contributed by atoms with Crippen molar-refractivity contribution in [1.82, 2.24) is 0 Å². The zero-order valence-electron chi connectivity index (χ0n) is 11.9. The average Bonchev–Trinajstić information content (AvgIpc) is 2.98. The Labute approximate surface area is 145 Å². The van der Waals surface area contributed by atoms with Crippen LogP contribution in [-0.4, -0.2) is 28.6 Å². The number of ether oxygens (including phenoxy) is 1. The number of carbonyl (C=O) groups is 2. The first kappa shape index (κ1) is 18.3. The zero-order valence-corrected chi connectivity index (χ0v) is 14.3. The minimum Gasteiger partial charge on any atom is -0.455 e. The minimum absolute atomic E-state index is 0.271. The maximum Gasteiger partial charge on any atom is 0.315 e. The van der Waals surface area contributed by atoms with Gasteiger partial charge in [-0.25, -0.2) is 0 Å². The second-order valence-corrected chi connectivity index (χ2v) is 7.79. The highest BCUT2D eigenvalue weighted by atomic mass is 35.5. The van der Waals surface area contributed by atoms with Gasteiger partial charge in [-0.05, 0) is 31.2 Å². The Bertz CT molecular complexity index is 613. The van der Waals surface area contributed by atoms with Crippen LogP contribution in [0, 0.1) is 5.41 Å². The van der Waals surface area contributed by atoms with Gasteiger partial charge in [-0.1, -0.05) is 11.8 Å². The Morgan fingerprint density at radius 2 is 1.91 bits per heavy atom. The van der Waals surface area contributed by atoms with Crippen LogP contribution in [0.25, 0.3) is 0 Å². The number of amides is 1. The Morgan fingerprint density at radius 3 is 2.39 bits per heavy atom. The van der Waals surface area contributed by atoms with Crippen LogP contribution >= 0.6 is 35.0 Å². The van der Waals surface area contributed by atoms with E-state index in [1.807, 2.05) is 0 Å². The van der Waals surface area contributed by atoms with Crippen LogP contribution in [0.3, 0.4) is 0 Å². The van der Waals surface area contributed by atoms with Crippen molar-refractivity contribution >= 4 is 52.5 Å². The predicted octanol–water partition coefficient (Wildman–Crippen LogP) is 4.07. The standard InChI is InChI=1S/C14H13Cl2F2NO3S/c1-13(7-14(13,15)16)11(21)22-6-10(20)19-8-2-4-9(5-3-8)23-12(17)18/h2-5,12H,6-7H2,1H3,(H,19,20)/t13-/m1/s1. The molecule has 23 heavy (non-hydrogen) atoms. The summed E-state index contributed by atoms with van der Waals surface area (Å²) in [6.07, 6.45) is 0.271. The summed E-state index contributed by atoms with van der Waals surface area (Å²) < 4.78 is 28.1. The maximum absolute atomic E-state index is 12.2. The second-order valence-electron chi connectivity index (χ2n) is 5.24. The third-order valence-corrected chi connectivity index (χ3v) is 5.23. The summed E-state index contributed by atoms with van der Waals surface area (Å²) in [6.45, 7) is 1.08. The molecule has 1 N–H and O–H groups in total. The number of hydrogen-bond donors (Lipinski definition) is 1. The highest BCUT2D eigenvalue weighted by Crippen LogP contribution is 2.64. The molecule has 0 radical (unpaired) electrons. The summed E-state index contributed by atoms with van der Waals surface area (Å²) in [7, 11) is 0. The second kappa shape index (κ2) is 6.83. The van der Waals surface area contributed by atoms with Crippen molar-refractivity contribution in [1.29, 1.82) is 0 Å². The number of rotatable bonds is 6. The lowest BCUT2D eigenvalue weighted by atomic mass is 10.1. The van der Waals surface area contributed by atoms with E-state index in [1.165, 1.54) is 24.3 Å². The topological polar surface area (TPSA) is 55.4 Å². The Balaban J connectivity index is 1.80. The molecule has 1 saturated carbocycles. The summed E-state index contributed by atoms with van der Waals surface area (Å²) in [5.74, 6) is -3.69. The largest absolute Gasteiger partial charge is 0.455 e. The van der Waals surface area contributed by atoms with Crippen molar-refractivity contribution in [3.05, 3.63) is 24.3 Å². The maximum atomic E-state index is 12.2. The fourth-order valence-corrected chi connectivity index (χ4v) is 3.02. The van der Waals surface area contributed by atoms with Gasteiger partial charge < -0.3 is 10.1 Å². The summed E-state index contributed by atoms with van der Waals surface area (Å²) in [6, 6.07) is 5.88. The molecule has 0 aliphatic heterocycles. The number of esters is 1. The van der Waals surface area contributed by atoms with E-state index in [4.69, 9.17) is 27.9 Å². The molecule has 9 heteroatoms. The Morgan fingerprint density at radius 1 is 1.35 bits per heavy atom. The number of hydrogen-bond acceptors (Lipinski definition) is 4. The lowest BCUT2D eigenvalue weighted by Gasteiger charge is -2.12. The molecule has 126 valence electrons. The molecule has 1 aliphatic rings. The van der Waals surface area contributed by atoms with Crippen LogP contribution in [0.15, 0.2) is 29.2 Å². The molecular weight excluding hydrogens is 371 g/mol. The highest BCUT2D eigenvalue weighted by molar-refractivity contribution is 7.99. The molecule has 1 fully saturated rings. The van der Waals surface area contributed by atoms with Gasteiger partial charge in [0.15, 0.2) is 6.61 Å². The first-order valence-electron chi connectivity index (χ1n) is 6.54. The van der Waals surface area contributed by atoms with Crippen LogP contribution in [0.5, 0.6) is 0 Å². The molecule has 0 aromatic heterocycles. The molecule has 0 bridgehead atoms.